The number of ether oxygens (including phenoxy) is 5. The third-order valence-corrected chi connectivity index (χ3v) is 4.12. The molecule has 21 heavy (non-hydrogen) atoms. The van der Waals surface area contributed by atoms with E-state index < -0.39 is 11.6 Å². The van der Waals surface area contributed by atoms with Gasteiger partial charge in [-0.15, -0.1) is 0 Å². The molecule has 118 valence electrons. The predicted octanol–water partition coefficient (Wildman–Crippen LogP) is 1.73. The van der Waals surface area contributed by atoms with Gasteiger partial charge in [-0.3, -0.25) is 0 Å². The van der Waals surface area contributed by atoms with Crippen molar-refractivity contribution in [1.82, 2.24) is 0 Å². The number of nitrogens with zero attached hydrogens (tertiary/aromatic N) is 1. The van der Waals surface area contributed by atoms with Crippen LogP contribution in [0.2, 0.25) is 0 Å². The molecule has 0 saturated carbocycles. The maximum atomic E-state index is 8.79. The molecule has 0 N–H and O–H groups in total. The first kappa shape index (κ1) is 15.2. The minimum absolute atomic E-state index is 0.131. The van der Waals surface area contributed by atoms with E-state index in [-0.39, 0.29) is 30.5 Å². The number of rotatable bonds is 3. The van der Waals surface area contributed by atoms with Crippen molar-refractivity contribution in [2.45, 2.75) is 82.6 Å². The third-order valence-electron chi connectivity index (χ3n) is 4.12. The highest BCUT2D eigenvalue weighted by Gasteiger charge is 2.58. The molecule has 0 aromatic carbocycles. The second-order valence-corrected chi connectivity index (χ2v) is 6.77. The Hall–Kier alpha value is -0.710. The van der Waals surface area contributed by atoms with Gasteiger partial charge in [0.05, 0.1) is 18.8 Å². The van der Waals surface area contributed by atoms with Gasteiger partial charge in [-0.1, -0.05) is 0 Å². The lowest BCUT2D eigenvalue weighted by Crippen LogP contribution is -2.40. The summed E-state index contributed by atoms with van der Waals surface area (Å²) >= 11 is 0. The summed E-state index contributed by atoms with van der Waals surface area (Å²) in [5, 5.41) is 8.79. The summed E-state index contributed by atoms with van der Waals surface area (Å²) in [6, 6.07) is 2.16. The van der Waals surface area contributed by atoms with E-state index in [0.29, 0.717) is 19.4 Å². The SMILES string of the molecule is CC1(C)O[C@@H]2[C@H](O1)[C@@H](CCC#N)O[C@@H]2[C@H]1COC(C)(C)O1. The zero-order valence-electron chi connectivity index (χ0n) is 13.0. The molecule has 3 heterocycles. The summed E-state index contributed by atoms with van der Waals surface area (Å²) in [5.74, 6) is -1.22. The Morgan fingerprint density at radius 1 is 1.00 bits per heavy atom. The van der Waals surface area contributed by atoms with Crippen LogP contribution >= 0.6 is 0 Å². The van der Waals surface area contributed by atoms with Crippen molar-refractivity contribution in [3.8, 4) is 6.07 Å². The normalized spacial score (nSPS) is 43.7. The fourth-order valence-corrected chi connectivity index (χ4v) is 3.33. The van der Waals surface area contributed by atoms with Gasteiger partial charge in [0.25, 0.3) is 0 Å². The Bertz CT molecular complexity index is 444. The zero-order valence-corrected chi connectivity index (χ0v) is 13.0. The van der Waals surface area contributed by atoms with E-state index in [2.05, 4.69) is 6.07 Å². The van der Waals surface area contributed by atoms with Crippen LogP contribution in [-0.4, -0.2) is 48.7 Å². The number of hydrogen-bond acceptors (Lipinski definition) is 6. The Balaban J connectivity index is 1.74. The molecule has 0 aromatic rings. The van der Waals surface area contributed by atoms with Crippen molar-refractivity contribution in [3.05, 3.63) is 0 Å². The van der Waals surface area contributed by atoms with E-state index in [9.17, 15) is 0 Å². The average molecular weight is 297 g/mol. The molecular weight excluding hydrogens is 274 g/mol. The van der Waals surface area contributed by atoms with Gasteiger partial charge in [-0.25, -0.2) is 0 Å². The van der Waals surface area contributed by atoms with Gasteiger partial charge in [0, 0.05) is 6.42 Å². The lowest BCUT2D eigenvalue weighted by Gasteiger charge is -2.26. The first-order chi connectivity index (χ1) is 9.81. The van der Waals surface area contributed by atoms with Gasteiger partial charge in [-0.2, -0.15) is 5.26 Å². The minimum atomic E-state index is -0.628. The molecule has 3 rings (SSSR count). The average Bonchev–Trinajstić information content (AvgIpc) is 2.98. The molecule has 3 fully saturated rings. The van der Waals surface area contributed by atoms with E-state index >= 15 is 0 Å². The van der Waals surface area contributed by atoms with Crippen LogP contribution in [-0.2, 0) is 23.7 Å². The van der Waals surface area contributed by atoms with Crippen LogP contribution in [0.5, 0.6) is 0 Å². The molecular formula is C15H23NO5. The topological polar surface area (TPSA) is 69.9 Å². The molecule has 0 aliphatic carbocycles. The van der Waals surface area contributed by atoms with Crippen LogP contribution in [0.25, 0.3) is 0 Å². The first-order valence-corrected chi connectivity index (χ1v) is 7.51. The number of fused-ring (bicyclic) bond motifs is 1. The van der Waals surface area contributed by atoms with Crippen LogP contribution < -0.4 is 0 Å². The van der Waals surface area contributed by atoms with E-state index in [1.165, 1.54) is 0 Å². The molecule has 3 aliphatic rings. The fourth-order valence-electron chi connectivity index (χ4n) is 3.33. The van der Waals surface area contributed by atoms with E-state index in [0.717, 1.165) is 0 Å². The minimum Gasteiger partial charge on any atom is -0.367 e. The maximum absolute atomic E-state index is 8.79. The molecule has 0 aromatic heterocycles. The van der Waals surface area contributed by atoms with Gasteiger partial charge >= 0.3 is 0 Å². The summed E-state index contributed by atoms with van der Waals surface area (Å²) in [6.07, 6.45) is 0.243. The highest BCUT2D eigenvalue weighted by atomic mass is 16.8. The third kappa shape index (κ3) is 2.94. The van der Waals surface area contributed by atoms with Crippen LogP contribution in [0.4, 0.5) is 0 Å². The van der Waals surface area contributed by atoms with Crippen molar-refractivity contribution in [3.63, 3.8) is 0 Å². The summed E-state index contributed by atoms with van der Waals surface area (Å²) in [7, 11) is 0. The lowest BCUT2D eigenvalue weighted by molar-refractivity contribution is -0.206. The molecule has 6 heteroatoms. The van der Waals surface area contributed by atoms with Crippen LogP contribution in [0, 0.1) is 11.3 Å². The van der Waals surface area contributed by atoms with Gasteiger partial charge in [0.1, 0.15) is 24.4 Å². The van der Waals surface area contributed by atoms with Crippen molar-refractivity contribution in [2.75, 3.05) is 6.61 Å². The highest BCUT2D eigenvalue weighted by molar-refractivity contribution is 5.02. The van der Waals surface area contributed by atoms with Crippen molar-refractivity contribution >= 4 is 0 Å². The number of hydrogen-bond donors (Lipinski definition) is 0. The van der Waals surface area contributed by atoms with Gasteiger partial charge in [-0.05, 0) is 34.1 Å². The summed E-state index contributed by atoms with van der Waals surface area (Å²) in [4.78, 5) is 0. The van der Waals surface area contributed by atoms with E-state index in [4.69, 9.17) is 28.9 Å². The smallest absolute Gasteiger partial charge is 0.164 e. The second-order valence-electron chi connectivity index (χ2n) is 6.77. The van der Waals surface area contributed by atoms with E-state index in [1.54, 1.807) is 0 Å². The Morgan fingerprint density at radius 2 is 1.71 bits per heavy atom. The molecule has 6 nitrogen and oxygen atoms in total. The molecule has 0 unspecified atom stereocenters. The van der Waals surface area contributed by atoms with Crippen molar-refractivity contribution < 1.29 is 23.7 Å². The maximum Gasteiger partial charge on any atom is 0.164 e. The van der Waals surface area contributed by atoms with Crippen molar-refractivity contribution in [2.24, 2.45) is 0 Å². The Labute approximate surface area is 125 Å². The van der Waals surface area contributed by atoms with Crippen molar-refractivity contribution in [1.29, 1.82) is 5.26 Å². The summed E-state index contributed by atoms with van der Waals surface area (Å²) in [6.45, 7) is 8.07. The molecule has 0 bridgehead atoms. The molecule has 3 saturated heterocycles. The molecule has 5 atom stereocenters. The zero-order chi connectivity index (χ0) is 15.3. The first-order valence-electron chi connectivity index (χ1n) is 7.51. The number of nitriles is 1. The Kier molecular flexibility index (Phi) is 3.75. The monoisotopic (exact) mass is 297 g/mol. The molecule has 0 amide bonds. The fraction of sp³-hybridized carbons (Fsp3) is 0.933. The van der Waals surface area contributed by atoms with Crippen LogP contribution in [0.3, 0.4) is 0 Å². The largest absolute Gasteiger partial charge is 0.367 e. The summed E-state index contributed by atoms with van der Waals surface area (Å²) < 4.78 is 29.6. The van der Waals surface area contributed by atoms with E-state index in [1.807, 2.05) is 27.7 Å². The summed E-state index contributed by atoms with van der Waals surface area (Å²) in [5.41, 5.74) is 0. The highest BCUT2D eigenvalue weighted by Crippen LogP contribution is 2.43. The molecule has 3 aliphatic heterocycles. The molecule has 0 radical (unpaired) electrons. The van der Waals surface area contributed by atoms with Crippen LogP contribution in [0.15, 0.2) is 0 Å². The van der Waals surface area contributed by atoms with Crippen LogP contribution in [0.1, 0.15) is 40.5 Å². The predicted molar refractivity (Wildman–Crippen MR) is 72.2 cm³/mol. The second kappa shape index (κ2) is 5.18. The van der Waals surface area contributed by atoms with Gasteiger partial charge < -0.3 is 23.7 Å². The Morgan fingerprint density at radius 3 is 2.33 bits per heavy atom. The lowest BCUT2D eigenvalue weighted by atomic mass is 10.0. The van der Waals surface area contributed by atoms with Gasteiger partial charge in [0.15, 0.2) is 11.6 Å². The standard InChI is InChI=1S/C15H23NO5/c1-14(2)17-8-10(19-14)11-13-12(20-15(3,4)21-13)9(18-11)6-5-7-16/h9-13H,5-6,8H2,1-4H3/t9-,10-,11-,12-,13+/m1/s1. The molecule has 0 spiro atoms. The quantitative estimate of drug-likeness (QED) is 0.790. The van der Waals surface area contributed by atoms with Gasteiger partial charge in [0.2, 0.25) is 0 Å².